The van der Waals surface area contributed by atoms with Gasteiger partial charge in [0.25, 0.3) is 5.91 Å². The van der Waals surface area contributed by atoms with Crippen LogP contribution >= 0.6 is 11.5 Å². The number of nitrogens with zero attached hydrogens (tertiary/aromatic N) is 6. The number of carboxylic acid groups (broad SMARTS) is 1. The van der Waals surface area contributed by atoms with Crippen molar-refractivity contribution in [1.29, 1.82) is 0 Å². The van der Waals surface area contributed by atoms with Gasteiger partial charge in [-0.05, 0) is 37.1 Å². The van der Waals surface area contributed by atoms with Crippen molar-refractivity contribution in [2.45, 2.75) is 25.9 Å². The molecule has 3 aromatic heterocycles. The smallest absolute Gasteiger partial charge is 0.341 e. The third kappa shape index (κ3) is 5.28. The molecule has 216 valence electrons. The molecule has 6 rings (SSSR count). The minimum absolute atomic E-state index is 0.0289. The largest absolute Gasteiger partial charge is 0.477 e. The standard InChI is InChI=1S/C29H28N6O6S/c1-17-11-23(32-26-24(17)25(37)21(28(39)40)15-35(26)29-30-16-31-42-29)34-12-19(13-34)22(36)8-7-20-14-33(9-10-41-20)27(38)18-5-3-2-4-6-18/h2-6,11,15-16,19-20H,7-10,12-14H2,1H3,(H,39,40). The molecule has 0 radical (unpaired) electrons. The predicted octanol–water partition coefficient (Wildman–Crippen LogP) is 2.57. The highest BCUT2D eigenvalue weighted by atomic mass is 32.1. The van der Waals surface area contributed by atoms with E-state index in [4.69, 9.17) is 9.72 Å². The number of amides is 1. The summed E-state index contributed by atoms with van der Waals surface area (Å²) in [4.78, 5) is 63.2. The third-order valence-electron chi connectivity index (χ3n) is 7.75. The number of carboxylic acids is 1. The van der Waals surface area contributed by atoms with Gasteiger partial charge >= 0.3 is 5.97 Å². The van der Waals surface area contributed by atoms with Crippen molar-refractivity contribution in [3.05, 3.63) is 75.8 Å². The van der Waals surface area contributed by atoms with Crippen molar-refractivity contribution >= 4 is 46.0 Å². The van der Waals surface area contributed by atoms with Gasteiger partial charge in [-0.15, -0.1) is 0 Å². The molecule has 2 aliphatic heterocycles. The SMILES string of the molecule is Cc1cc(N2CC(C(=O)CCC3CN(C(=O)c4ccccc4)CCO3)C2)nc2c1c(=O)c(C(=O)O)cn2-c1ncns1. The zero-order valence-electron chi connectivity index (χ0n) is 22.8. The number of pyridine rings is 2. The molecule has 42 heavy (non-hydrogen) atoms. The quantitative estimate of drug-likeness (QED) is 0.326. The molecule has 0 bridgehead atoms. The van der Waals surface area contributed by atoms with Crippen LogP contribution in [0.3, 0.4) is 0 Å². The summed E-state index contributed by atoms with van der Waals surface area (Å²) in [7, 11) is 0. The number of aromatic nitrogens is 4. The maximum Gasteiger partial charge on any atom is 0.341 e. The molecule has 2 aliphatic rings. The van der Waals surface area contributed by atoms with Crippen LogP contribution in [0.2, 0.25) is 0 Å². The molecule has 1 unspecified atom stereocenters. The molecule has 13 heteroatoms. The summed E-state index contributed by atoms with van der Waals surface area (Å²) >= 11 is 1.06. The Morgan fingerprint density at radius 2 is 1.93 bits per heavy atom. The number of Topliss-reactive ketones (excluding diaryl/α,β-unsaturated/α-hetero) is 1. The fraction of sp³-hybridized carbons (Fsp3) is 0.345. The number of fused-ring (bicyclic) bond motifs is 1. The summed E-state index contributed by atoms with van der Waals surface area (Å²) in [6, 6.07) is 10.9. The van der Waals surface area contributed by atoms with Gasteiger partial charge in [-0.1, -0.05) is 18.2 Å². The Labute approximate surface area is 244 Å². The van der Waals surface area contributed by atoms with E-state index >= 15 is 0 Å². The number of aryl methyl sites for hydroxylation is 1. The summed E-state index contributed by atoms with van der Waals surface area (Å²) < 4.78 is 11.3. The number of carbonyl (C=O) groups is 3. The zero-order valence-corrected chi connectivity index (χ0v) is 23.6. The number of hydrogen-bond acceptors (Lipinski definition) is 10. The Bertz CT molecular complexity index is 1720. The molecule has 5 heterocycles. The number of aromatic carboxylic acids is 1. The second-order valence-corrected chi connectivity index (χ2v) is 11.2. The molecule has 1 amide bonds. The Morgan fingerprint density at radius 3 is 2.64 bits per heavy atom. The van der Waals surface area contributed by atoms with Crippen LogP contribution in [0.5, 0.6) is 0 Å². The highest BCUT2D eigenvalue weighted by Gasteiger charge is 2.35. The van der Waals surface area contributed by atoms with E-state index in [1.165, 1.54) is 17.1 Å². The molecule has 4 aromatic rings. The van der Waals surface area contributed by atoms with Gasteiger partial charge in [0.05, 0.1) is 24.0 Å². The van der Waals surface area contributed by atoms with Crippen LogP contribution in [0.25, 0.3) is 16.2 Å². The number of rotatable bonds is 8. The van der Waals surface area contributed by atoms with Crippen molar-refractivity contribution in [2.75, 3.05) is 37.7 Å². The Balaban J connectivity index is 1.11. The van der Waals surface area contributed by atoms with Crippen LogP contribution in [0, 0.1) is 12.8 Å². The maximum atomic E-state index is 13.0. The number of carbonyl (C=O) groups excluding carboxylic acids is 2. The molecule has 0 aliphatic carbocycles. The zero-order chi connectivity index (χ0) is 29.4. The molecule has 1 aromatic carbocycles. The van der Waals surface area contributed by atoms with E-state index < -0.39 is 11.4 Å². The average molecular weight is 589 g/mol. The van der Waals surface area contributed by atoms with Gasteiger partial charge in [-0.2, -0.15) is 4.37 Å². The minimum atomic E-state index is -1.33. The van der Waals surface area contributed by atoms with Gasteiger partial charge in [0, 0.05) is 55.9 Å². The summed E-state index contributed by atoms with van der Waals surface area (Å²) in [6.45, 7) is 4.13. The lowest BCUT2D eigenvalue weighted by Gasteiger charge is -2.40. The summed E-state index contributed by atoms with van der Waals surface area (Å²) in [6.07, 6.45) is 3.29. The Hall–Kier alpha value is -4.49. The molecule has 1 N–H and O–H groups in total. The van der Waals surface area contributed by atoms with Crippen molar-refractivity contribution in [2.24, 2.45) is 5.92 Å². The topological polar surface area (TPSA) is 148 Å². The highest BCUT2D eigenvalue weighted by Crippen LogP contribution is 2.29. The number of ether oxygens (including phenoxy) is 1. The van der Waals surface area contributed by atoms with Crippen molar-refractivity contribution in [3.8, 4) is 5.13 Å². The number of ketones is 1. The van der Waals surface area contributed by atoms with E-state index in [-0.39, 0.29) is 40.3 Å². The van der Waals surface area contributed by atoms with E-state index in [1.807, 2.05) is 23.1 Å². The average Bonchev–Trinajstić information content (AvgIpc) is 3.50. The van der Waals surface area contributed by atoms with Crippen molar-refractivity contribution in [1.82, 2.24) is 23.8 Å². The summed E-state index contributed by atoms with van der Waals surface area (Å²) in [5.41, 5.74) is 0.527. The van der Waals surface area contributed by atoms with Gasteiger partial charge in [0.15, 0.2) is 5.65 Å². The fourth-order valence-corrected chi connectivity index (χ4v) is 5.94. The lowest BCUT2D eigenvalue weighted by Crippen LogP contribution is -2.51. The molecule has 2 fully saturated rings. The predicted molar refractivity (Wildman–Crippen MR) is 155 cm³/mol. The minimum Gasteiger partial charge on any atom is -0.477 e. The highest BCUT2D eigenvalue weighted by molar-refractivity contribution is 7.08. The lowest BCUT2D eigenvalue weighted by molar-refractivity contribution is -0.124. The van der Waals surface area contributed by atoms with E-state index in [1.54, 1.807) is 30.0 Å². The second kappa shape index (κ2) is 11.4. The summed E-state index contributed by atoms with van der Waals surface area (Å²) in [5.74, 6) is -0.792. The van der Waals surface area contributed by atoms with Gasteiger partial charge in [0.1, 0.15) is 23.5 Å². The normalized spacial score (nSPS) is 17.3. The van der Waals surface area contributed by atoms with Crippen molar-refractivity contribution in [3.63, 3.8) is 0 Å². The van der Waals surface area contributed by atoms with Crippen LogP contribution in [-0.4, -0.2) is 85.5 Å². The van der Waals surface area contributed by atoms with Crippen LogP contribution < -0.4 is 10.3 Å². The van der Waals surface area contributed by atoms with Gasteiger partial charge < -0.3 is 19.6 Å². The Morgan fingerprint density at radius 1 is 1.14 bits per heavy atom. The fourth-order valence-electron chi connectivity index (χ4n) is 5.43. The van der Waals surface area contributed by atoms with E-state index in [0.717, 1.165) is 11.5 Å². The van der Waals surface area contributed by atoms with Crippen LogP contribution in [-0.2, 0) is 9.53 Å². The second-order valence-electron chi connectivity index (χ2n) is 10.5. The molecule has 0 spiro atoms. The number of hydrogen-bond donors (Lipinski definition) is 1. The van der Waals surface area contributed by atoms with Gasteiger partial charge in [0.2, 0.25) is 10.6 Å². The van der Waals surface area contributed by atoms with E-state index in [9.17, 15) is 24.3 Å². The number of morpholine rings is 1. The first-order valence-electron chi connectivity index (χ1n) is 13.6. The molecule has 12 nitrogen and oxygen atoms in total. The number of anilines is 1. The maximum absolute atomic E-state index is 13.0. The van der Waals surface area contributed by atoms with Gasteiger partial charge in [-0.3, -0.25) is 19.0 Å². The van der Waals surface area contributed by atoms with Crippen LogP contribution in [0.15, 0.2) is 53.7 Å². The molecular formula is C29H28N6O6S. The van der Waals surface area contributed by atoms with E-state index in [0.29, 0.717) is 67.7 Å². The number of benzene rings is 1. The first-order valence-corrected chi connectivity index (χ1v) is 14.4. The molecule has 2 saturated heterocycles. The Kier molecular flexibility index (Phi) is 7.52. The van der Waals surface area contributed by atoms with Crippen LogP contribution in [0.1, 0.15) is 39.1 Å². The van der Waals surface area contributed by atoms with E-state index in [2.05, 4.69) is 9.36 Å². The third-order valence-corrected chi connectivity index (χ3v) is 8.41. The summed E-state index contributed by atoms with van der Waals surface area (Å²) in [5, 5.41) is 10.2. The van der Waals surface area contributed by atoms with Crippen molar-refractivity contribution < 1.29 is 24.2 Å². The molecule has 1 atom stereocenters. The van der Waals surface area contributed by atoms with Crippen LogP contribution in [0.4, 0.5) is 5.82 Å². The van der Waals surface area contributed by atoms with Gasteiger partial charge in [-0.25, -0.2) is 14.8 Å². The molecule has 0 saturated carbocycles. The molecular weight excluding hydrogens is 560 g/mol. The lowest BCUT2D eigenvalue weighted by atomic mass is 9.91. The monoisotopic (exact) mass is 588 g/mol. The first kappa shape index (κ1) is 27.7. The first-order chi connectivity index (χ1) is 20.3.